The summed E-state index contributed by atoms with van der Waals surface area (Å²) in [6.07, 6.45) is 4.12. The van der Waals surface area contributed by atoms with E-state index in [4.69, 9.17) is 0 Å². The Morgan fingerprint density at radius 1 is 1.33 bits per heavy atom. The molecule has 0 fully saturated rings. The maximum atomic E-state index is 3.76. The third-order valence-electron chi connectivity index (χ3n) is 1.81. The molecule has 0 amide bonds. The van der Waals surface area contributed by atoms with Gasteiger partial charge in [-0.3, -0.25) is 0 Å². The molecule has 0 aliphatic rings. The molecule has 0 saturated heterocycles. The molecule has 0 nitrogen and oxygen atoms in total. The van der Waals surface area contributed by atoms with Crippen LogP contribution < -0.4 is 0 Å². The Bertz CT molecular complexity index is 170. The molecule has 0 saturated carbocycles. The van der Waals surface area contributed by atoms with Gasteiger partial charge < -0.3 is 0 Å². The zero-order valence-electron chi connectivity index (χ0n) is 9.15. The Kier molecular flexibility index (Phi) is 5.22. The molecular weight excluding hydrogens is 251 g/mol. The zero-order valence-corrected chi connectivity index (χ0v) is 12.0. The average Bonchev–Trinajstić information content (AvgIpc) is 1.83. The second-order valence-electron chi connectivity index (χ2n) is 4.87. The van der Waals surface area contributed by atoms with Crippen LogP contribution in [-0.4, -0.2) is 18.4 Å². The van der Waals surface area contributed by atoms with Crippen LogP contribution in [0.1, 0.15) is 13.8 Å². The van der Waals surface area contributed by atoms with Crippen LogP contribution in [0.4, 0.5) is 0 Å². The molecule has 0 atom stereocenters. The minimum atomic E-state index is -1.61. The molecule has 70 valence electrons. The summed E-state index contributed by atoms with van der Waals surface area (Å²) >= 11 is -1.61. The van der Waals surface area contributed by atoms with Crippen LogP contribution in [0.3, 0.4) is 0 Å². The average molecular weight is 273 g/mol. The van der Waals surface area contributed by atoms with E-state index in [-0.39, 0.29) is 0 Å². The van der Waals surface area contributed by atoms with Crippen molar-refractivity contribution in [2.45, 2.75) is 33.1 Å². The third-order valence-corrected chi connectivity index (χ3v) is 6.00. The Morgan fingerprint density at radius 3 is 2.08 bits per heavy atom. The summed E-state index contributed by atoms with van der Waals surface area (Å²) in [6.45, 7) is 8.30. The Morgan fingerprint density at radius 2 is 1.83 bits per heavy atom. The van der Waals surface area contributed by atoms with E-state index >= 15 is 0 Å². The molecule has 0 bridgehead atoms. The minimum absolute atomic E-state index is 0.693. The normalized spacial score (nSPS) is 13.7. The monoisotopic (exact) mass is 274 g/mol. The number of rotatable bonds is 4. The molecule has 0 aliphatic carbocycles. The molecule has 0 rings (SSSR count). The fraction of sp³-hybridized carbons (Fsp3) is 0.636. The van der Waals surface area contributed by atoms with E-state index in [0.29, 0.717) is 5.92 Å². The van der Waals surface area contributed by atoms with Crippen LogP contribution in [-0.2, 0) is 0 Å². The Labute approximate surface area is 81.6 Å². The summed E-state index contributed by atoms with van der Waals surface area (Å²) < 4.78 is 1.37. The van der Waals surface area contributed by atoms with Gasteiger partial charge in [0.1, 0.15) is 0 Å². The molecule has 1 heteroatoms. The van der Waals surface area contributed by atoms with Crippen molar-refractivity contribution >= 4 is 18.4 Å². The van der Waals surface area contributed by atoms with Crippen molar-refractivity contribution in [3.05, 3.63) is 24.3 Å². The van der Waals surface area contributed by atoms with Crippen molar-refractivity contribution in [3.8, 4) is 0 Å². The Hall–Kier alpha value is 0.279. The number of hydrogen-bond acceptors (Lipinski definition) is 0. The summed E-state index contributed by atoms with van der Waals surface area (Å²) in [4.78, 5) is 7.44. The van der Waals surface area contributed by atoms with Crippen molar-refractivity contribution < 1.29 is 0 Å². The van der Waals surface area contributed by atoms with Gasteiger partial charge in [-0.05, 0) is 0 Å². The van der Waals surface area contributed by atoms with Crippen LogP contribution in [0, 0.1) is 5.92 Å². The maximum absolute atomic E-state index is 3.76. The predicted molar refractivity (Wildman–Crippen MR) is 61.3 cm³/mol. The van der Waals surface area contributed by atoms with Gasteiger partial charge in [0.15, 0.2) is 0 Å². The molecular formula is C11H22Sn. The van der Waals surface area contributed by atoms with Crippen LogP contribution in [0.2, 0.25) is 19.3 Å². The SMILES string of the molecule is C=C/C=C(\[CH2][Sn]([CH3])([CH3])[CH3])C(C)C. The van der Waals surface area contributed by atoms with Gasteiger partial charge in [-0.1, -0.05) is 0 Å². The summed E-state index contributed by atoms with van der Waals surface area (Å²) in [5.74, 6) is 0.693. The fourth-order valence-electron chi connectivity index (χ4n) is 1.22. The topological polar surface area (TPSA) is 0 Å². The first-order chi connectivity index (χ1) is 5.37. The number of hydrogen-bond donors (Lipinski definition) is 0. The van der Waals surface area contributed by atoms with Gasteiger partial charge in [0.25, 0.3) is 0 Å². The van der Waals surface area contributed by atoms with Crippen LogP contribution in [0.15, 0.2) is 24.3 Å². The van der Waals surface area contributed by atoms with Crippen LogP contribution in [0.5, 0.6) is 0 Å². The second kappa shape index (κ2) is 5.10. The van der Waals surface area contributed by atoms with E-state index in [0.717, 1.165) is 0 Å². The van der Waals surface area contributed by atoms with Gasteiger partial charge in [0.2, 0.25) is 0 Å². The van der Waals surface area contributed by atoms with Gasteiger partial charge in [0, 0.05) is 0 Å². The molecule has 0 spiro atoms. The summed E-state index contributed by atoms with van der Waals surface area (Å²) in [7, 11) is 0. The van der Waals surface area contributed by atoms with Crippen LogP contribution >= 0.6 is 0 Å². The molecule has 0 aromatic heterocycles. The molecule has 0 radical (unpaired) electrons. The first kappa shape index (κ1) is 12.3. The summed E-state index contributed by atoms with van der Waals surface area (Å²) in [6, 6.07) is 0. The second-order valence-corrected chi connectivity index (χ2v) is 20.5. The van der Waals surface area contributed by atoms with E-state index < -0.39 is 18.4 Å². The first-order valence-corrected chi connectivity index (χ1v) is 15.3. The molecule has 0 aromatic rings. The third kappa shape index (κ3) is 5.87. The van der Waals surface area contributed by atoms with E-state index in [1.165, 1.54) is 4.44 Å². The fourth-order valence-corrected chi connectivity index (χ4v) is 6.22. The summed E-state index contributed by atoms with van der Waals surface area (Å²) in [5, 5.41) is 0. The van der Waals surface area contributed by atoms with Gasteiger partial charge >= 0.3 is 81.7 Å². The molecule has 0 aliphatic heterocycles. The van der Waals surface area contributed by atoms with Gasteiger partial charge in [0.05, 0.1) is 0 Å². The van der Waals surface area contributed by atoms with Crippen molar-refractivity contribution in [1.29, 1.82) is 0 Å². The number of allylic oxidation sites excluding steroid dienone is 3. The molecule has 0 aromatic carbocycles. The molecule has 12 heavy (non-hydrogen) atoms. The zero-order chi connectivity index (χ0) is 9.78. The molecule has 0 unspecified atom stereocenters. The quantitative estimate of drug-likeness (QED) is 0.534. The standard InChI is InChI=1S/C8H13.3CH3.Sn/c1-5-6-8(4)7(2)3;;;;/h5-7H,1,4H2,2-3H3;3*1H3;/b8-6+;;;;. The van der Waals surface area contributed by atoms with Crippen molar-refractivity contribution in [2.75, 3.05) is 0 Å². The summed E-state index contributed by atoms with van der Waals surface area (Å²) in [5.41, 5.74) is 1.59. The van der Waals surface area contributed by atoms with Gasteiger partial charge in [-0.2, -0.15) is 0 Å². The first-order valence-electron chi connectivity index (χ1n) is 4.68. The van der Waals surface area contributed by atoms with E-state index in [2.05, 4.69) is 41.3 Å². The van der Waals surface area contributed by atoms with E-state index in [9.17, 15) is 0 Å². The predicted octanol–water partition coefficient (Wildman–Crippen LogP) is 4.09. The Balaban J connectivity index is 4.35. The molecule has 0 heterocycles. The molecule has 0 N–H and O–H groups in total. The van der Waals surface area contributed by atoms with Crippen LogP contribution in [0.25, 0.3) is 0 Å². The van der Waals surface area contributed by atoms with Crippen molar-refractivity contribution in [1.82, 2.24) is 0 Å². The van der Waals surface area contributed by atoms with Crippen molar-refractivity contribution in [3.63, 3.8) is 0 Å². The van der Waals surface area contributed by atoms with Crippen molar-refractivity contribution in [2.24, 2.45) is 5.92 Å². The van der Waals surface area contributed by atoms with Gasteiger partial charge in [-0.25, -0.2) is 0 Å². The van der Waals surface area contributed by atoms with Gasteiger partial charge in [-0.15, -0.1) is 0 Å². The van der Waals surface area contributed by atoms with E-state index in [1.807, 2.05) is 6.08 Å². The van der Waals surface area contributed by atoms with E-state index in [1.54, 1.807) is 5.57 Å².